The summed E-state index contributed by atoms with van der Waals surface area (Å²) < 4.78 is 0. The van der Waals surface area contributed by atoms with Crippen LogP contribution in [0.1, 0.15) is 48.5 Å². The standard InChI is InChI=1S/C31H37N5O2/c1-22(2)29(28(32)30(37)34-26-10-5-4-6-11-26)33-20-23(3)24-13-15-25(16-14-24)31(38)36-19-9-12-27(36)21-35-17-7-8-18-35/h4-6,10-11,13-16,20,27H,1,3,7-9,12,17-19,21,32H2,2H3,(H,34,37)/b29-28-,33-20?/t27-/m1/s1. The Balaban J connectivity index is 1.41. The Kier molecular flexibility index (Phi) is 8.92. The second-order valence-electron chi connectivity index (χ2n) is 10.0. The molecule has 0 aliphatic carbocycles. The third-order valence-corrected chi connectivity index (χ3v) is 7.09. The first kappa shape index (κ1) is 27.1. The summed E-state index contributed by atoms with van der Waals surface area (Å²) in [5, 5.41) is 2.76. The van der Waals surface area contributed by atoms with Crippen LogP contribution in [0.2, 0.25) is 0 Å². The summed E-state index contributed by atoms with van der Waals surface area (Å²) in [4.78, 5) is 34.8. The number of hydrogen-bond donors (Lipinski definition) is 2. The predicted octanol–water partition coefficient (Wildman–Crippen LogP) is 4.86. The second-order valence-corrected chi connectivity index (χ2v) is 10.0. The van der Waals surface area contributed by atoms with Gasteiger partial charge in [-0.1, -0.05) is 43.5 Å². The van der Waals surface area contributed by atoms with Crippen LogP contribution in [0.4, 0.5) is 5.69 Å². The minimum atomic E-state index is -0.454. The van der Waals surface area contributed by atoms with Gasteiger partial charge >= 0.3 is 0 Å². The smallest absolute Gasteiger partial charge is 0.273 e. The molecule has 38 heavy (non-hydrogen) atoms. The van der Waals surface area contributed by atoms with Crippen molar-refractivity contribution in [3.05, 3.63) is 95.8 Å². The van der Waals surface area contributed by atoms with E-state index in [1.165, 1.54) is 12.8 Å². The zero-order chi connectivity index (χ0) is 27.1. The van der Waals surface area contributed by atoms with E-state index in [4.69, 9.17) is 5.73 Å². The van der Waals surface area contributed by atoms with E-state index in [9.17, 15) is 9.59 Å². The Morgan fingerprint density at radius 3 is 2.32 bits per heavy atom. The van der Waals surface area contributed by atoms with Gasteiger partial charge < -0.3 is 20.9 Å². The quantitative estimate of drug-likeness (QED) is 0.286. The largest absolute Gasteiger partial charge is 0.392 e. The van der Waals surface area contributed by atoms with Crippen molar-refractivity contribution >= 4 is 29.3 Å². The van der Waals surface area contributed by atoms with Crippen LogP contribution in [0, 0.1) is 0 Å². The zero-order valence-corrected chi connectivity index (χ0v) is 22.2. The van der Waals surface area contributed by atoms with Crippen LogP contribution in [0.15, 0.2) is 89.7 Å². The highest BCUT2D eigenvalue weighted by atomic mass is 16.2. The summed E-state index contributed by atoms with van der Waals surface area (Å²) in [5.74, 6) is -0.369. The Morgan fingerprint density at radius 2 is 1.66 bits per heavy atom. The lowest BCUT2D eigenvalue weighted by Gasteiger charge is -2.28. The molecule has 0 spiro atoms. The lowest BCUT2D eigenvalue weighted by atomic mass is 10.0. The number of allylic oxidation sites excluding steroid dienone is 2. The van der Waals surface area contributed by atoms with Gasteiger partial charge in [-0.05, 0) is 86.7 Å². The van der Waals surface area contributed by atoms with Crippen molar-refractivity contribution in [1.29, 1.82) is 0 Å². The molecular formula is C31H37N5O2. The van der Waals surface area contributed by atoms with Crippen molar-refractivity contribution in [3.63, 3.8) is 0 Å². The van der Waals surface area contributed by atoms with Gasteiger partial charge in [-0.2, -0.15) is 0 Å². The highest BCUT2D eigenvalue weighted by Gasteiger charge is 2.31. The molecule has 2 amide bonds. The molecule has 2 aromatic rings. The van der Waals surface area contributed by atoms with Crippen LogP contribution >= 0.6 is 0 Å². The second kappa shape index (κ2) is 12.5. The van der Waals surface area contributed by atoms with Crippen LogP contribution in [-0.2, 0) is 4.79 Å². The number of carbonyl (C=O) groups is 2. The zero-order valence-electron chi connectivity index (χ0n) is 22.2. The predicted molar refractivity (Wildman–Crippen MR) is 155 cm³/mol. The first-order valence-corrected chi connectivity index (χ1v) is 13.2. The van der Waals surface area contributed by atoms with Crippen LogP contribution in [-0.4, -0.2) is 60.0 Å². The summed E-state index contributed by atoms with van der Waals surface area (Å²) in [6.45, 7) is 13.8. The van der Waals surface area contributed by atoms with Gasteiger partial charge in [-0.15, -0.1) is 0 Å². The number of rotatable bonds is 9. The monoisotopic (exact) mass is 511 g/mol. The summed E-state index contributed by atoms with van der Waals surface area (Å²) >= 11 is 0. The number of nitrogens with zero attached hydrogens (tertiary/aromatic N) is 3. The van der Waals surface area contributed by atoms with E-state index >= 15 is 0 Å². The van der Waals surface area contributed by atoms with E-state index in [1.54, 1.807) is 25.3 Å². The lowest BCUT2D eigenvalue weighted by Crippen LogP contribution is -2.42. The minimum Gasteiger partial charge on any atom is -0.392 e. The van der Waals surface area contributed by atoms with Gasteiger partial charge in [0.2, 0.25) is 0 Å². The maximum atomic E-state index is 13.3. The third kappa shape index (κ3) is 6.66. The van der Waals surface area contributed by atoms with Crippen molar-refractivity contribution in [1.82, 2.24) is 9.80 Å². The fraction of sp³-hybridized carbons (Fsp3) is 0.323. The average molecular weight is 512 g/mol. The molecule has 0 aromatic heterocycles. The third-order valence-electron chi connectivity index (χ3n) is 7.09. The number of hydrogen-bond acceptors (Lipinski definition) is 5. The summed E-state index contributed by atoms with van der Waals surface area (Å²) in [7, 11) is 0. The van der Waals surface area contributed by atoms with E-state index in [1.807, 2.05) is 47.4 Å². The molecular weight excluding hydrogens is 474 g/mol. The van der Waals surface area contributed by atoms with Crippen molar-refractivity contribution < 1.29 is 9.59 Å². The average Bonchev–Trinajstić information content (AvgIpc) is 3.61. The van der Waals surface area contributed by atoms with Crippen LogP contribution in [0.25, 0.3) is 5.57 Å². The summed E-state index contributed by atoms with van der Waals surface area (Å²) in [6.07, 6.45) is 6.20. The number of nitrogens with two attached hydrogens (primary N) is 1. The molecule has 0 radical (unpaired) electrons. The first-order chi connectivity index (χ1) is 18.3. The number of nitrogens with one attached hydrogen (secondary N) is 1. The van der Waals surface area contributed by atoms with Crippen molar-refractivity contribution in [2.45, 2.75) is 38.6 Å². The molecule has 2 saturated heterocycles. The lowest BCUT2D eigenvalue weighted by molar-refractivity contribution is -0.113. The van der Waals surface area contributed by atoms with E-state index in [0.29, 0.717) is 34.1 Å². The number of para-hydroxylation sites is 1. The molecule has 2 aliphatic heterocycles. The van der Waals surface area contributed by atoms with Crippen LogP contribution < -0.4 is 11.1 Å². The molecule has 0 saturated carbocycles. The fourth-order valence-corrected chi connectivity index (χ4v) is 5.00. The van der Waals surface area contributed by atoms with Gasteiger partial charge in [0, 0.05) is 36.6 Å². The number of aliphatic imine (C=N–C) groups is 1. The normalized spacial score (nSPS) is 18.4. The highest BCUT2D eigenvalue weighted by Crippen LogP contribution is 2.24. The maximum Gasteiger partial charge on any atom is 0.273 e. The van der Waals surface area contributed by atoms with E-state index < -0.39 is 5.91 Å². The topological polar surface area (TPSA) is 91.0 Å². The molecule has 3 N–H and O–H groups in total. The van der Waals surface area contributed by atoms with E-state index in [0.717, 1.165) is 44.6 Å². The minimum absolute atomic E-state index is 0.0274. The van der Waals surface area contributed by atoms with E-state index in [2.05, 4.69) is 28.4 Å². The van der Waals surface area contributed by atoms with Gasteiger partial charge in [0.05, 0.1) is 5.70 Å². The van der Waals surface area contributed by atoms with E-state index in [-0.39, 0.29) is 11.6 Å². The van der Waals surface area contributed by atoms with Gasteiger partial charge in [0.25, 0.3) is 11.8 Å². The van der Waals surface area contributed by atoms with Gasteiger partial charge in [0.15, 0.2) is 0 Å². The molecule has 1 atom stereocenters. The van der Waals surface area contributed by atoms with Crippen molar-refractivity contribution in [2.75, 3.05) is 31.5 Å². The molecule has 7 heteroatoms. The number of anilines is 1. The summed E-state index contributed by atoms with van der Waals surface area (Å²) in [6, 6.07) is 16.8. The highest BCUT2D eigenvalue weighted by molar-refractivity contribution is 6.10. The molecule has 198 valence electrons. The van der Waals surface area contributed by atoms with Gasteiger partial charge in [-0.3, -0.25) is 14.6 Å². The molecule has 2 aromatic carbocycles. The molecule has 7 nitrogen and oxygen atoms in total. The summed E-state index contributed by atoms with van der Waals surface area (Å²) in [5.41, 5.74) is 9.73. The maximum absolute atomic E-state index is 13.3. The molecule has 2 aliphatic rings. The Bertz CT molecular complexity index is 1240. The van der Waals surface area contributed by atoms with Gasteiger partial charge in [0.1, 0.15) is 5.70 Å². The van der Waals surface area contributed by atoms with Crippen molar-refractivity contribution in [2.24, 2.45) is 10.7 Å². The van der Waals surface area contributed by atoms with Crippen molar-refractivity contribution in [3.8, 4) is 0 Å². The molecule has 2 fully saturated rings. The molecule has 0 unspecified atom stereocenters. The Hall–Kier alpha value is -3.97. The SMILES string of the molecule is C=C(C)/C(N=CC(=C)c1ccc(C(=O)N2CCC[C@@H]2CN2CCCC2)cc1)=C(/N)C(=O)Nc1ccccc1. The first-order valence-electron chi connectivity index (χ1n) is 13.2. The number of likely N-dealkylation sites (tertiary alicyclic amines) is 2. The Labute approximate surface area is 225 Å². The fourth-order valence-electron chi connectivity index (χ4n) is 5.00. The van der Waals surface area contributed by atoms with Crippen LogP contribution in [0.3, 0.4) is 0 Å². The van der Waals surface area contributed by atoms with Crippen LogP contribution in [0.5, 0.6) is 0 Å². The Morgan fingerprint density at radius 1 is 1.00 bits per heavy atom. The number of carbonyl (C=O) groups excluding carboxylic acids is 2. The molecule has 4 rings (SSSR count). The number of benzene rings is 2. The van der Waals surface area contributed by atoms with Gasteiger partial charge in [-0.25, -0.2) is 0 Å². The molecule has 0 bridgehead atoms. The molecule has 2 heterocycles. The number of amides is 2.